The highest BCUT2D eigenvalue weighted by atomic mass is 16.2. The summed E-state index contributed by atoms with van der Waals surface area (Å²) in [5, 5.41) is 12.1. The molecule has 0 atom stereocenters. The van der Waals surface area contributed by atoms with Gasteiger partial charge in [-0.15, -0.1) is 0 Å². The second-order valence-corrected chi connectivity index (χ2v) is 2.34. The molecule has 1 amide bonds. The lowest BCUT2D eigenvalue weighted by atomic mass is 10.3. The molecule has 1 aliphatic rings. The number of aromatic amines is 1. The number of carbonyl (C=O) groups is 1. The highest BCUT2D eigenvalue weighted by Gasteiger charge is 2.15. The number of anilines is 1. The molecule has 0 aromatic carbocycles. The molecule has 11 heavy (non-hydrogen) atoms. The van der Waals surface area contributed by atoms with Crippen molar-refractivity contribution in [1.82, 2.24) is 15.5 Å². The molecular formula is C6H8N4O. The number of aromatic nitrogens is 2. The topological polar surface area (TPSA) is 69.8 Å². The Morgan fingerprint density at radius 3 is 3.09 bits per heavy atom. The number of hydrogen-bond acceptors (Lipinski definition) is 3. The molecule has 5 heteroatoms. The van der Waals surface area contributed by atoms with Crippen LogP contribution in [0.25, 0.3) is 0 Å². The van der Waals surface area contributed by atoms with Gasteiger partial charge in [0.15, 0.2) is 0 Å². The molecule has 1 aromatic heterocycles. The molecule has 1 aromatic rings. The van der Waals surface area contributed by atoms with Crippen LogP contribution in [0.2, 0.25) is 0 Å². The van der Waals surface area contributed by atoms with Crippen LogP contribution in [0.4, 0.5) is 5.69 Å². The summed E-state index contributed by atoms with van der Waals surface area (Å²) in [6.07, 6.45) is 1.61. The van der Waals surface area contributed by atoms with Gasteiger partial charge in [-0.1, -0.05) is 0 Å². The van der Waals surface area contributed by atoms with Gasteiger partial charge in [0.05, 0.1) is 11.9 Å². The second-order valence-electron chi connectivity index (χ2n) is 2.34. The van der Waals surface area contributed by atoms with Crippen LogP contribution in [0, 0.1) is 0 Å². The Morgan fingerprint density at radius 1 is 1.36 bits per heavy atom. The summed E-state index contributed by atoms with van der Waals surface area (Å²) in [6, 6.07) is 0. The smallest absolute Gasteiger partial charge is 0.271 e. The third kappa shape index (κ3) is 0.938. The van der Waals surface area contributed by atoms with Gasteiger partial charge in [0, 0.05) is 13.1 Å². The Labute approximate surface area is 63.2 Å². The third-order valence-corrected chi connectivity index (χ3v) is 1.59. The molecule has 2 rings (SSSR count). The largest absolute Gasteiger partial charge is 0.380 e. The van der Waals surface area contributed by atoms with Crippen molar-refractivity contribution in [2.24, 2.45) is 0 Å². The van der Waals surface area contributed by atoms with Gasteiger partial charge in [-0.3, -0.25) is 9.89 Å². The van der Waals surface area contributed by atoms with Crippen LogP contribution in [-0.2, 0) is 0 Å². The van der Waals surface area contributed by atoms with Gasteiger partial charge < -0.3 is 10.6 Å². The first-order valence-electron chi connectivity index (χ1n) is 3.43. The van der Waals surface area contributed by atoms with Crippen LogP contribution in [0.15, 0.2) is 6.20 Å². The fourth-order valence-electron chi connectivity index (χ4n) is 1.05. The van der Waals surface area contributed by atoms with Gasteiger partial charge >= 0.3 is 0 Å². The van der Waals surface area contributed by atoms with E-state index in [1.165, 1.54) is 0 Å². The molecular weight excluding hydrogens is 144 g/mol. The fraction of sp³-hybridized carbons (Fsp3) is 0.333. The van der Waals surface area contributed by atoms with Gasteiger partial charge in [0.2, 0.25) is 0 Å². The molecule has 0 radical (unpaired) electrons. The van der Waals surface area contributed by atoms with Crippen molar-refractivity contribution in [3.05, 3.63) is 11.9 Å². The lowest BCUT2D eigenvalue weighted by Crippen LogP contribution is -2.25. The van der Waals surface area contributed by atoms with Crippen LogP contribution in [0.3, 0.4) is 0 Å². The first kappa shape index (κ1) is 6.21. The normalized spacial score (nSPS) is 16.2. The molecule has 0 fully saturated rings. The number of nitrogens with zero attached hydrogens (tertiary/aromatic N) is 1. The molecule has 0 unspecified atom stereocenters. The Kier molecular flexibility index (Phi) is 1.28. The second kappa shape index (κ2) is 2.26. The summed E-state index contributed by atoms with van der Waals surface area (Å²) < 4.78 is 0. The molecule has 58 valence electrons. The van der Waals surface area contributed by atoms with E-state index in [1.54, 1.807) is 6.20 Å². The average molecular weight is 152 g/mol. The Hall–Kier alpha value is -1.52. The zero-order chi connectivity index (χ0) is 7.68. The molecule has 2 heterocycles. The van der Waals surface area contributed by atoms with Crippen molar-refractivity contribution in [3.63, 3.8) is 0 Å². The number of amides is 1. The SMILES string of the molecule is O=C1NCCNc2cn[nH]c21. The lowest BCUT2D eigenvalue weighted by Gasteiger charge is -1.95. The molecule has 0 saturated carbocycles. The maximum Gasteiger partial charge on any atom is 0.271 e. The monoisotopic (exact) mass is 152 g/mol. The van der Waals surface area contributed by atoms with E-state index >= 15 is 0 Å². The molecule has 0 aliphatic carbocycles. The first-order chi connectivity index (χ1) is 5.38. The van der Waals surface area contributed by atoms with Gasteiger partial charge in [0.1, 0.15) is 5.69 Å². The first-order valence-corrected chi connectivity index (χ1v) is 3.43. The summed E-state index contributed by atoms with van der Waals surface area (Å²) in [7, 11) is 0. The zero-order valence-corrected chi connectivity index (χ0v) is 5.85. The highest BCUT2D eigenvalue weighted by molar-refractivity contribution is 5.98. The molecule has 0 bridgehead atoms. The van der Waals surface area contributed by atoms with Crippen molar-refractivity contribution in [2.75, 3.05) is 18.4 Å². The number of hydrogen-bond donors (Lipinski definition) is 3. The summed E-state index contributed by atoms with van der Waals surface area (Å²) in [5.74, 6) is -0.0949. The molecule has 3 N–H and O–H groups in total. The predicted octanol–water partition coefficient (Wildman–Crippen LogP) is -0.435. The molecule has 0 saturated heterocycles. The average Bonchev–Trinajstić information content (AvgIpc) is 2.40. The van der Waals surface area contributed by atoms with Crippen molar-refractivity contribution in [3.8, 4) is 0 Å². The summed E-state index contributed by atoms with van der Waals surface area (Å²) >= 11 is 0. The quantitative estimate of drug-likeness (QED) is 0.472. The van der Waals surface area contributed by atoms with E-state index < -0.39 is 0 Å². The van der Waals surface area contributed by atoms with Crippen molar-refractivity contribution < 1.29 is 4.79 Å². The number of H-pyrrole nitrogens is 1. The maximum atomic E-state index is 11.1. The maximum absolute atomic E-state index is 11.1. The van der Waals surface area contributed by atoms with E-state index in [2.05, 4.69) is 20.8 Å². The van der Waals surface area contributed by atoms with Gasteiger partial charge in [-0.05, 0) is 0 Å². The van der Waals surface area contributed by atoms with Crippen LogP contribution in [0.1, 0.15) is 10.5 Å². The van der Waals surface area contributed by atoms with Crippen LogP contribution >= 0.6 is 0 Å². The zero-order valence-electron chi connectivity index (χ0n) is 5.85. The summed E-state index contributed by atoms with van der Waals surface area (Å²) in [4.78, 5) is 11.1. The van der Waals surface area contributed by atoms with Crippen LogP contribution in [-0.4, -0.2) is 29.2 Å². The van der Waals surface area contributed by atoms with Crippen LogP contribution < -0.4 is 10.6 Å². The van der Waals surface area contributed by atoms with Gasteiger partial charge in [-0.25, -0.2) is 0 Å². The Balaban J connectivity index is 2.41. The number of nitrogens with one attached hydrogen (secondary N) is 3. The number of fused-ring (bicyclic) bond motifs is 1. The Bertz CT molecular complexity index is 280. The minimum Gasteiger partial charge on any atom is -0.380 e. The number of carbonyl (C=O) groups excluding carboxylic acids is 1. The molecule has 0 spiro atoms. The van der Waals surface area contributed by atoms with E-state index in [0.717, 1.165) is 12.2 Å². The standard InChI is InChI=1S/C6H8N4O/c11-6-5-4(3-9-10-5)7-1-2-8-6/h3,7H,1-2H2,(H,8,11)(H,9,10). The highest BCUT2D eigenvalue weighted by Crippen LogP contribution is 2.11. The third-order valence-electron chi connectivity index (χ3n) is 1.59. The summed E-state index contributed by atoms with van der Waals surface area (Å²) in [6.45, 7) is 1.40. The van der Waals surface area contributed by atoms with E-state index in [0.29, 0.717) is 12.2 Å². The lowest BCUT2D eigenvalue weighted by molar-refractivity contribution is 0.0953. The van der Waals surface area contributed by atoms with E-state index in [-0.39, 0.29) is 5.91 Å². The van der Waals surface area contributed by atoms with Gasteiger partial charge in [0.25, 0.3) is 5.91 Å². The van der Waals surface area contributed by atoms with E-state index in [9.17, 15) is 4.79 Å². The fourth-order valence-corrected chi connectivity index (χ4v) is 1.05. The van der Waals surface area contributed by atoms with E-state index in [1.807, 2.05) is 0 Å². The van der Waals surface area contributed by atoms with Crippen molar-refractivity contribution in [1.29, 1.82) is 0 Å². The van der Waals surface area contributed by atoms with Gasteiger partial charge in [-0.2, -0.15) is 5.10 Å². The van der Waals surface area contributed by atoms with Crippen molar-refractivity contribution in [2.45, 2.75) is 0 Å². The minimum atomic E-state index is -0.0949. The van der Waals surface area contributed by atoms with E-state index in [4.69, 9.17) is 0 Å². The number of rotatable bonds is 0. The minimum absolute atomic E-state index is 0.0949. The summed E-state index contributed by atoms with van der Waals surface area (Å²) in [5.41, 5.74) is 1.29. The predicted molar refractivity (Wildman–Crippen MR) is 39.4 cm³/mol. The molecule has 1 aliphatic heterocycles. The van der Waals surface area contributed by atoms with Crippen LogP contribution in [0.5, 0.6) is 0 Å². The molecule has 5 nitrogen and oxygen atoms in total. The van der Waals surface area contributed by atoms with Crippen molar-refractivity contribution >= 4 is 11.6 Å². The Morgan fingerprint density at radius 2 is 2.18 bits per heavy atom.